The monoisotopic (exact) mass is 265 g/mol. The number of hydrogen-bond acceptors (Lipinski definition) is 3. The molecule has 1 aromatic carbocycles. The second-order valence-electron chi connectivity index (χ2n) is 4.03. The van der Waals surface area contributed by atoms with E-state index in [1.165, 1.54) is 0 Å². The van der Waals surface area contributed by atoms with E-state index in [2.05, 4.69) is 10.3 Å². The van der Waals surface area contributed by atoms with Gasteiger partial charge in [-0.15, -0.1) is 0 Å². The molecule has 0 heterocycles. The minimum atomic E-state index is 0.417. The van der Waals surface area contributed by atoms with Gasteiger partial charge in [0.05, 0.1) is 6.61 Å². The fourth-order valence-corrected chi connectivity index (χ4v) is 1.61. The number of ether oxygens (including phenoxy) is 2. The highest BCUT2D eigenvalue weighted by atomic mass is 16.5. The summed E-state index contributed by atoms with van der Waals surface area (Å²) in [6, 6.07) is 7.87. The predicted molar refractivity (Wildman–Crippen MR) is 78.4 cm³/mol. The van der Waals surface area contributed by atoms with Crippen molar-refractivity contribution in [3.8, 4) is 0 Å². The molecule has 5 nitrogen and oxygen atoms in total. The molecule has 3 N–H and O–H groups in total. The molecule has 0 amide bonds. The summed E-state index contributed by atoms with van der Waals surface area (Å²) in [4.78, 5) is 4.25. The number of aliphatic imine (C=N–C) groups is 1. The van der Waals surface area contributed by atoms with Crippen LogP contribution in [-0.2, 0) is 16.1 Å². The standard InChI is InChI=1S/C14H23N3O2/c1-3-19-10-6-9-16-14(15)17-13-8-5-4-7-12(13)11-18-2/h4-5,7-8H,3,6,9-11H2,1-2H3,(H3,15,16,17). The molecule has 0 aliphatic heterocycles. The number of nitrogens with zero attached hydrogens (tertiary/aromatic N) is 1. The molecule has 106 valence electrons. The zero-order valence-corrected chi connectivity index (χ0v) is 11.7. The molecule has 0 fully saturated rings. The van der Waals surface area contributed by atoms with Crippen LogP contribution in [0.1, 0.15) is 18.9 Å². The van der Waals surface area contributed by atoms with Gasteiger partial charge in [0, 0.05) is 38.1 Å². The van der Waals surface area contributed by atoms with Crippen LogP contribution in [0, 0.1) is 0 Å². The maximum absolute atomic E-state index is 5.84. The van der Waals surface area contributed by atoms with Gasteiger partial charge >= 0.3 is 0 Å². The fourth-order valence-electron chi connectivity index (χ4n) is 1.61. The first kappa shape index (κ1) is 15.5. The minimum absolute atomic E-state index is 0.417. The Morgan fingerprint density at radius 1 is 1.37 bits per heavy atom. The van der Waals surface area contributed by atoms with E-state index in [9.17, 15) is 0 Å². The number of nitrogens with one attached hydrogen (secondary N) is 1. The van der Waals surface area contributed by atoms with E-state index in [0.29, 0.717) is 25.7 Å². The van der Waals surface area contributed by atoms with Crippen LogP contribution in [0.3, 0.4) is 0 Å². The highest BCUT2D eigenvalue weighted by Gasteiger charge is 2.01. The van der Waals surface area contributed by atoms with Gasteiger partial charge in [-0.1, -0.05) is 18.2 Å². The molecule has 1 rings (SSSR count). The van der Waals surface area contributed by atoms with Crippen LogP contribution in [0.4, 0.5) is 5.69 Å². The number of anilines is 1. The molecule has 0 spiro atoms. The number of nitrogens with two attached hydrogens (primary N) is 1. The van der Waals surface area contributed by atoms with Crippen molar-refractivity contribution < 1.29 is 9.47 Å². The molecule has 0 atom stereocenters. The molecule has 1 aromatic rings. The summed E-state index contributed by atoms with van der Waals surface area (Å²) in [7, 11) is 1.67. The third kappa shape index (κ3) is 6.22. The van der Waals surface area contributed by atoms with Crippen LogP contribution >= 0.6 is 0 Å². The quantitative estimate of drug-likeness (QED) is 0.428. The van der Waals surface area contributed by atoms with Crippen LogP contribution in [-0.4, -0.2) is 32.8 Å². The second kappa shape index (κ2) is 9.35. The van der Waals surface area contributed by atoms with E-state index in [1.807, 2.05) is 31.2 Å². The summed E-state index contributed by atoms with van der Waals surface area (Å²) in [5.41, 5.74) is 7.82. The lowest BCUT2D eigenvalue weighted by atomic mass is 10.2. The van der Waals surface area contributed by atoms with Gasteiger partial charge in [-0.25, -0.2) is 0 Å². The van der Waals surface area contributed by atoms with Crippen LogP contribution in [0.15, 0.2) is 29.3 Å². The Labute approximate surface area is 114 Å². The Hall–Kier alpha value is -1.59. The molecule has 0 bridgehead atoms. The predicted octanol–water partition coefficient (Wildman–Crippen LogP) is 1.99. The van der Waals surface area contributed by atoms with Crippen molar-refractivity contribution in [2.45, 2.75) is 20.0 Å². The van der Waals surface area contributed by atoms with Crippen molar-refractivity contribution in [2.24, 2.45) is 10.7 Å². The molecule has 0 saturated carbocycles. The van der Waals surface area contributed by atoms with Gasteiger partial charge in [0.2, 0.25) is 0 Å². The van der Waals surface area contributed by atoms with Crippen LogP contribution in [0.2, 0.25) is 0 Å². The van der Waals surface area contributed by atoms with Crippen molar-refractivity contribution in [1.29, 1.82) is 0 Å². The summed E-state index contributed by atoms with van der Waals surface area (Å²) in [5.74, 6) is 0.417. The van der Waals surface area contributed by atoms with Gasteiger partial charge in [-0.05, 0) is 19.4 Å². The van der Waals surface area contributed by atoms with Crippen molar-refractivity contribution >= 4 is 11.6 Å². The third-order valence-corrected chi connectivity index (χ3v) is 2.51. The highest BCUT2D eigenvalue weighted by molar-refractivity contribution is 5.92. The molecular formula is C14H23N3O2. The number of guanidine groups is 1. The highest BCUT2D eigenvalue weighted by Crippen LogP contribution is 2.15. The SMILES string of the molecule is CCOCCCN=C(N)Nc1ccccc1COC. The normalized spacial score (nSPS) is 11.6. The van der Waals surface area contributed by atoms with Crippen molar-refractivity contribution in [1.82, 2.24) is 0 Å². The van der Waals surface area contributed by atoms with Gasteiger partial charge in [-0.2, -0.15) is 0 Å². The first-order valence-electron chi connectivity index (χ1n) is 6.49. The maximum atomic E-state index is 5.84. The Morgan fingerprint density at radius 3 is 2.89 bits per heavy atom. The van der Waals surface area contributed by atoms with Crippen molar-refractivity contribution in [3.05, 3.63) is 29.8 Å². The van der Waals surface area contributed by atoms with E-state index in [0.717, 1.165) is 24.3 Å². The second-order valence-corrected chi connectivity index (χ2v) is 4.03. The zero-order valence-electron chi connectivity index (χ0n) is 11.7. The van der Waals surface area contributed by atoms with Crippen molar-refractivity contribution in [3.63, 3.8) is 0 Å². The zero-order chi connectivity index (χ0) is 13.9. The van der Waals surface area contributed by atoms with Gasteiger partial charge in [0.15, 0.2) is 5.96 Å². The van der Waals surface area contributed by atoms with Crippen LogP contribution in [0.5, 0.6) is 0 Å². The largest absolute Gasteiger partial charge is 0.382 e. The summed E-state index contributed by atoms with van der Waals surface area (Å²) < 4.78 is 10.4. The van der Waals surface area contributed by atoms with Gasteiger partial charge < -0.3 is 20.5 Å². The molecule has 0 saturated heterocycles. The van der Waals surface area contributed by atoms with Gasteiger partial charge in [-0.3, -0.25) is 4.99 Å². The lowest BCUT2D eigenvalue weighted by Crippen LogP contribution is -2.23. The number of para-hydroxylation sites is 1. The maximum Gasteiger partial charge on any atom is 0.193 e. The summed E-state index contributed by atoms with van der Waals surface area (Å²) in [6.45, 7) is 4.63. The third-order valence-electron chi connectivity index (χ3n) is 2.51. The number of benzene rings is 1. The molecule has 5 heteroatoms. The number of rotatable bonds is 8. The van der Waals surface area contributed by atoms with Crippen LogP contribution < -0.4 is 11.1 Å². The first-order valence-corrected chi connectivity index (χ1v) is 6.49. The Kier molecular flexibility index (Phi) is 7.62. The average molecular weight is 265 g/mol. The smallest absolute Gasteiger partial charge is 0.193 e. The summed E-state index contributed by atoms with van der Waals surface area (Å²) >= 11 is 0. The molecule has 19 heavy (non-hydrogen) atoms. The van der Waals surface area contributed by atoms with Gasteiger partial charge in [0.1, 0.15) is 0 Å². The van der Waals surface area contributed by atoms with E-state index in [4.69, 9.17) is 15.2 Å². The lowest BCUT2D eigenvalue weighted by Gasteiger charge is -2.10. The molecule has 0 radical (unpaired) electrons. The average Bonchev–Trinajstić information content (AvgIpc) is 2.41. The summed E-state index contributed by atoms with van der Waals surface area (Å²) in [6.07, 6.45) is 0.871. The molecular weight excluding hydrogens is 242 g/mol. The Bertz CT molecular complexity index is 394. The number of hydrogen-bond donors (Lipinski definition) is 2. The lowest BCUT2D eigenvalue weighted by molar-refractivity contribution is 0.146. The minimum Gasteiger partial charge on any atom is -0.382 e. The van der Waals surface area contributed by atoms with E-state index in [-0.39, 0.29) is 0 Å². The van der Waals surface area contributed by atoms with Crippen LogP contribution in [0.25, 0.3) is 0 Å². The van der Waals surface area contributed by atoms with Gasteiger partial charge in [0.25, 0.3) is 0 Å². The van der Waals surface area contributed by atoms with E-state index >= 15 is 0 Å². The number of methoxy groups -OCH3 is 1. The molecule has 0 aromatic heterocycles. The molecule has 0 unspecified atom stereocenters. The summed E-state index contributed by atoms with van der Waals surface area (Å²) in [5, 5.41) is 3.09. The Balaban J connectivity index is 2.46. The molecule has 0 aliphatic rings. The Morgan fingerprint density at radius 2 is 2.16 bits per heavy atom. The van der Waals surface area contributed by atoms with Crippen molar-refractivity contribution in [2.75, 3.05) is 32.2 Å². The topological polar surface area (TPSA) is 68.9 Å². The van der Waals surface area contributed by atoms with E-state index in [1.54, 1.807) is 7.11 Å². The first-order chi connectivity index (χ1) is 9.27. The fraction of sp³-hybridized carbons (Fsp3) is 0.500. The van der Waals surface area contributed by atoms with E-state index < -0.39 is 0 Å². The molecule has 0 aliphatic carbocycles.